The van der Waals surface area contributed by atoms with Crippen molar-refractivity contribution in [2.75, 3.05) is 5.32 Å². The van der Waals surface area contributed by atoms with Crippen LogP contribution in [-0.2, 0) is 0 Å². The lowest BCUT2D eigenvalue weighted by Crippen LogP contribution is -2.34. The van der Waals surface area contributed by atoms with Gasteiger partial charge in [0.2, 0.25) is 0 Å². The van der Waals surface area contributed by atoms with E-state index in [1.54, 1.807) is 0 Å². The average Bonchev–Trinajstić information content (AvgIpc) is 2.18. The lowest BCUT2D eigenvalue weighted by Gasteiger charge is -2.10. The van der Waals surface area contributed by atoms with Crippen LogP contribution in [0.15, 0.2) is 12.1 Å². The number of nitrogens with two attached hydrogens (primary N) is 1. The molecule has 0 fully saturated rings. The summed E-state index contributed by atoms with van der Waals surface area (Å²) >= 11 is 4.62. The molecule has 0 bridgehead atoms. The summed E-state index contributed by atoms with van der Waals surface area (Å²) in [5.74, 6) is 3.56. The van der Waals surface area contributed by atoms with Crippen molar-refractivity contribution < 1.29 is 8.78 Å². The molecule has 3 nitrogen and oxygen atoms in total. The van der Waals surface area contributed by atoms with Gasteiger partial charge in [0.05, 0.1) is 0 Å². The lowest BCUT2D eigenvalue weighted by atomic mass is 10.2. The van der Waals surface area contributed by atoms with Gasteiger partial charge in [-0.15, -0.1) is 0 Å². The minimum atomic E-state index is -0.717. The summed E-state index contributed by atoms with van der Waals surface area (Å²) in [5, 5.41) is 2.27. The van der Waals surface area contributed by atoms with E-state index in [-0.39, 0.29) is 10.8 Å². The van der Waals surface area contributed by atoms with E-state index < -0.39 is 11.6 Å². The quantitative estimate of drug-likeness (QED) is 0.378. The number of halogens is 2. The first-order valence-electron chi connectivity index (χ1n) is 3.78. The Balaban J connectivity index is 3.06. The third-order valence-corrected chi connectivity index (χ3v) is 1.87. The molecular weight excluding hydrogens is 208 g/mol. The van der Waals surface area contributed by atoms with Gasteiger partial charge in [0.15, 0.2) is 10.9 Å². The number of hydrogen-bond acceptors (Lipinski definition) is 2. The Morgan fingerprint density at radius 2 is 2.07 bits per heavy atom. The SMILES string of the molecule is Cc1ccc(F)c(NC(=S)NN)c1F. The van der Waals surface area contributed by atoms with Crippen molar-refractivity contribution in [3.63, 3.8) is 0 Å². The Hall–Kier alpha value is -1.27. The first-order valence-corrected chi connectivity index (χ1v) is 4.19. The number of hydrogen-bond donors (Lipinski definition) is 3. The highest BCUT2D eigenvalue weighted by Gasteiger charge is 2.11. The Bertz CT molecular complexity index is 368. The van der Waals surface area contributed by atoms with E-state index in [1.165, 1.54) is 13.0 Å². The van der Waals surface area contributed by atoms with Gasteiger partial charge in [0.1, 0.15) is 11.5 Å². The highest BCUT2D eigenvalue weighted by atomic mass is 32.1. The highest BCUT2D eigenvalue weighted by Crippen LogP contribution is 2.21. The summed E-state index contributed by atoms with van der Waals surface area (Å²) in [4.78, 5) is 0. The van der Waals surface area contributed by atoms with Gasteiger partial charge in [-0.3, -0.25) is 0 Å². The molecule has 0 saturated heterocycles. The van der Waals surface area contributed by atoms with Gasteiger partial charge in [-0.05, 0) is 30.8 Å². The van der Waals surface area contributed by atoms with E-state index in [4.69, 9.17) is 5.84 Å². The summed E-state index contributed by atoms with van der Waals surface area (Å²) < 4.78 is 26.4. The van der Waals surface area contributed by atoms with E-state index in [0.29, 0.717) is 5.56 Å². The van der Waals surface area contributed by atoms with Gasteiger partial charge in [0.25, 0.3) is 0 Å². The maximum atomic E-state index is 13.3. The second-order valence-corrected chi connectivity index (χ2v) is 3.06. The molecule has 4 N–H and O–H groups in total. The Morgan fingerprint density at radius 3 is 2.64 bits per heavy atom. The number of benzene rings is 1. The smallest absolute Gasteiger partial charge is 0.185 e. The molecule has 0 aromatic heterocycles. The largest absolute Gasteiger partial charge is 0.327 e. The maximum Gasteiger partial charge on any atom is 0.185 e. The van der Waals surface area contributed by atoms with Gasteiger partial charge in [0, 0.05) is 0 Å². The third-order valence-electron chi connectivity index (χ3n) is 1.65. The zero-order valence-electron chi connectivity index (χ0n) is 7.40. The van der Waals surface area contributed by atoms with Gasteiger partial charge >= 0.3 is 0 Å². The zero-order valence-corrected chi connectivity index (χ0v) is 8.21. The van der Waals surface area contributed by atoms with Gasteiger partial charge in [-0.25, -0.2) is 14.6 Å². The number of anilines is 1. The Kier molecular flexibility index (Phi) is 3.32. The summed E-state index contributed by atoms with van der Waals surface area (Å²) in [7, 11) is 0. The van der Waals surface area contributed by atoms with E-state index in [1.807, 2.05) is 0 Å². The molecular formula is C8H9F2N3S. The molecule has 0 saturated carbocycles. The normalized spacial score (nSPS) is 9.71. The molecule has 0 unspecified atom stereocenters. The molecule has 0 radical (unpaired) electrons. The van der Waals surface area contributed by atoms with E-state index in [2.05, 4.69) is 23.0 Å². The molecule has 0 aliphatic rings. The summed E-state index contributed by atoms with van der Waals surface area (Å²) in [6.45, 7) is 1.53. The van der Waals surface area contributed by atoms with E-state index in [9.17, 15) is 8.78 Å². The third kappa shape index (κ3) is 2.15. The van der Waals surface area contributed by atoms with Crippen molar-refractivity contribution in [1.82, 2.24) is 5.43 Å². The number of thiocarbonyl (C=S) groups is 1. The number of hydrazine groups is 1. The van der Waals surface area contributed by atoms with Crippen LogP contribution in [0.4, 0.5) is 14.5 Å². The standard InChI is InChI=1S/C8H9F2N3S/c1-4-2-3-5(9)7(6(4)10)12-8(14)13-11/h2-3H,11H2,1H3,(H2,12,13,14). The average molecular weight is 217 g/mol. The van der Waals surface area contributed by atoms with Gasteiger partial charge < -0.3 is 10.7 Å². The van der Waals surface area contributed by atoms with Crippen molar-refractivity contribution in [2.24, 2.45) is 5.84 Å². The van der Waals surface area contributed by atoms with Crippen LogP contribution in [0.1, 0.15) is 5.56 Å². The van der Waals surface area contributed by atoms with E-state index in [0.717, 1.165) is 6.07 Å². The van der Waals surface area contributed by atoms with E-state index >= 15 is 0 Å². The Labute approximate surface area is 85.3 Å². The summed E-state index contributed by atoms with van der Waals surface area (Å²) in [6.07, 6.45) is 0. The predicted molar refractivity (Wildman–Crippen MR) is 54.6 cm³/mol. The molecule has 0 aliphatic carbocycles. The monoisotopic (exact) mass is 217 g/mol. The molecule has 6 heteroatoms. The molecule has 1 aromatic carbocycles. The number of aryl methyl sites for hydroxylation is 1. The minimum Gasteiger partial charge on any atom is -0.327 e. The second-order valence-electron chi connectivity index (χ2n) is 2.65. The fourth-order valence-corrected chi connectivity index (χ4v) is 1.02. The zero-order chi connectivity index (χ0) is 10.7. The van der Waals surface area contributed by atoms with Gasteiger partial charge in [-0.1, -0.05) is 6.07 Å². The first-order chi connectivity index (χ1) is 6.56. The highest BCUT2D eigenvalue weighted by molar-refractivity contribution is 7.80. The number of nitrogens with one attached hydrogen (secondary N) is 2. The van der Waals surface area contributed by atoms with Crippen molar-refractivity contribution in [1.29, 1.82) is 0 Å². The molecule has 0 atom stereocenters. The van der Waals surface area contributed by atoms with Crippen LogP contribution in [0.3, 0.4) is 0 Å². The first kappa shape index (κ1) is 10.8. The predicted octanol–water partition coefficient (Wildman–Crippen LogP) is 1.43. The summed E-state index contributed by atoms with van der Waals surface area (Å²) in [6, 6.07) is 2.49. The van der Waals surface area contributed by atoms with Crippen LogP contribution < -0.4 is 16.6 Å². The molecule has 0 aliphatic heterocycles. The molecule has 0 spiro atoms. The molecule has 76 valence electrons. The van der Waals surface area contributed by atoms with Gasteiger partial charge in [-0.2, -0.15) is 0 Å². The van der Waals surface area contributed by atoms with Crippen LogP contribution in [-0.4, -0.2) is 5.11 Å². The van der Waals surface area contributed by atoms with Crippen molar-refractivity contribution in [2.45, 2.75) is 6.92 Å². The van der Waals surface area contributed by atoms with Crippen LogP contribution in [0.25, 0.3) is 0 Å². The topological polar surface area (TPSA) is 50.1 Å². The fraction of sp³-hybridized carbons (Fsp3) is 0.125. The molecule has 1 rings (SSSR count). The molecule has 14 heavy (non-hydrogen) atoms. The van der Waals surface area contributed by atoms with Crippen molar-refractivity contribution in [3.05, 3.63) is 29.3 Å². The Morgan fingerprint density at radius 1 is 1.43 bits per heavy atom. The van der Waals surface area contributed by atoms with Crippen LogP contribution >= 0.6 is 12.2 Å². The number of rotatable bonds is 1. The lowest BCUT2D eigenvalue weighted by molar-refractivity contribution is 0.585. The van der Waals surface area contributed by atoms with Crippen LogP contribution in [0.5, 0.6) is 0 Å². The van der Waals surface area contributed by atoms with Crippen molar-refractivity contribution in [3.8, 4) is 0 Å². The van der Waals surface area contributed by atoms with Crippen LogP contribution in [0.2, 0.25) is 0 Å². The van der Waals surface area contributed by atoms with Crippen LogP contribution in [0, 0.1) is 18.6 Å². The molecule has 0 amide bonds. The molecule has 1 aromatic rings. The molecule has 0 heterocycles. The fourth-order valence-electron chi connectivity index (χ4n) is 0.921. The summed E-state index contributed by atoms with van der Waals surface area (Å²) in [5.41, 5.74) is 2.10. The maximum absolute atomic E-state index is 13.3. The van der Waals surface area contributed by atoms with Crippen molar-refractivity contribution >= 4 is 23.0 Å². The second kappa shape index (κ2) is 4.30. The minimum absolute atomic E-state index is 0.0478.